The Morgan fingerprint density at radius 3 is 2.64 bits per heavy atom. The minimum Gasteiger partial charge on any atom is -0.490 e. The van der Waals surface area contributed by atoms with E-state index in [0.29, 0.717) is 5.56 Å². The molecular formula is C22H18F5N5O4. The largest absolute Gasteiger partial charge is 0.490 e. The molecule has 1 atom stereocenters. The van der Waals surface area contributed by atoms with E-state index in [1.54, 1.807) is 4.90 Å². The average Bonchev–Trinajstić information content (AvgIpc) is 3.38. The number of anilines is 1. The van der Waals surface area contributed by atoms with Gasteiger partial charge in [-0.2, -0.15) is 22.0 Å². The van der Waals surface area contributed by atoms with Crippen LogP contribution >= 0.6 is 0 Å². The number of nitrogens with zero attached hydrogens (tertiary/aromatic N) is 4. The number of rotatable bonds is 3. The number of alkyl halides is 5. The van der Waals surface area contributed by atoms with Gasteiger partial charge >= 0.3 is 12.2 Å². The molecule has 6 rings (SSSR count). The Balaban J connectivity index is 1.39. The molecule has 36 heavy (non-hydrogen) atoms. The number of ether oxygens (including phenoxy) is 1. The van der Waals surface area contributed by atoms with Crippen LogP contribution in [0.15, 0.2) is 18.2 Å². The molecule has 1 aromatic carbocycles. The van der Waals surface area contributed by atoms with Crippen molar-refractivity contribution < 1.29 is 41.4 Å². The summed E-state index contributed by atoms with van der Waals surface area (Å²) in [6.07, 6.45) is -5.78. The topological polar surface area (TPSA) is 108 Å². The molecule has 1 unspecified atom stereocenters. The van der Waals surface area contributed by atoms with E-state index in [-0.39, 0.29) is 58.6 Å². The number of imide groups is 1. The van der Waals surface area contributed by atoms with Crippen molar-refractivity contribution in [3.63, 3.8) is 0 Å². The lowest BCUT2D eigenvalue weighted by atomic mass is 9.90. The number of halogens is 5. The fourth-order valence-electron chi connectivity index (χ4n) is 5.05. The fourth-order valence-corrected chi connectivity index (χ4v) is 5.05. The second-order valence-corrected chi connectivity index (χ2v) is 9.30. The van der Waals surface area contributed by atoms with E-state index in [2.05, 4.69) is 15.3 Å². The summed E-state index contributed by atoms with van der Waals surface area (Å²) in [4.78, 5) is 35.3. The molecule has 9 nitrogen and oxygen atoms in total. The number of nitrogens with one attached hydrogen (secondary N) is 1. The van der Waals surface area contributed by atoms with Gasteiger partial charge in [-0.25, -0.2) is 14.8 Å². The zero-order valence-corrected chi connectivity index (χ0v) is 18.4. The zero-order chi connectivity index (χ0) is 25.6. The van der Waals surface area contributed by atoms with Gasteiger partial charge in [0, 0.05) is 36.2 Å². The zero-order valence-electron chi connectivity index (χ0n) is 18.4. The van der Waals surface area contributed by atoms with Gasteiger partial charge in [0.15, 0.2) is 5.54 Å². The minimum absolute atomic E-state index is 0.0311. The normalized spacial score (nSPS) is 24.6. The number of β-amino-alcohol motifs (C(OH)–C–C–N with tert-alkyl or cyclic N) is 1. The number of carbonyl (C=O) groups is 2. The Labute approximate surface area is 199 Å². The molecule has 0 radical (unpaired) electrons. The summed E-state index contributed by atoms with van der Waals surface area (Å²) in [5.41, 5.74) is -1.15. The van der Waals surface area contributed by atoms with Gasteiger partial charge in [-0.3, -0.25) is 9.69 Å². The Morgan fingerprint density at radius 2 is 1.94 bits per heavy atom. The summed E-state index contributed by atoms with van der Waals surface area (Å²) in [7, 11) is 0. The van der Waals surface area contributed by atoms with Crippen molar-refractivity contribution in [2.24, 2.45) is 0 Å². The predicted molar refractivity (Wildman–Crippen MR) is 111 cm³/mol. The summed E-state index contributed by atoms with van der Waals surface area (Å²) in [5, 5.41) is 11.9. The first-order valence-electron chi connectivity index (χ1n) is 11.1. The molecule has 14 heteroatoms. The van der Waals surface area contributed by atoms with Gasteiger partial charge < -0.3 is 20.1 Å². The Kier molecular flexibility index (Phi) is 4.60. The van der Waals surface area contributed by atoms with E-state index < -0.39 is 55.3 Å². The number of aliphatic hydroxyl groups is 1. The third-order valence-corrected chi connectivity index (χ3v) is 6.85. The van der Waals surface area contributed by atoms with Gasteiger partial charge in [-0.15, -0.1) is 0 Å². The Hall–Kier alpha value is -3.55. The first-order chi connectivity index (χ1) is 16.9. The van der Waals surface area contributed by atoms with Crippen LogP contribution in [-0.4, -0.2) is 70.4 Å². The first-order valence-corrected chi connectivity index (χ1v) is 11.1. The number of benzene rings is 1. The first kappa shape index (κ1) is 22.9. The third-order valence-electron chi connectivity index (χ3n) is 6.85. The fraction of sp³-hybridized carbons (Fsp3) is 0.455. The molecule has 4 aliphatic rings. The van der Waals surface area contributed by atoms with Crippen molar-refractivity contribution in [1.82, 2.24) is 20.2 Å². The summed E-state index contributed by atoms with van der Waals surface area (Å²) < 4.78 is 73.4. The molecule has 1 spiro atoms. The van der Waals surface area contributed by atoms with Crippen LogP contribution in [0, 0.1) is 0 Å². The van der Waals surface area contributed by atoms with E-state index in [1.807, 2.05) is 0 Å². The lowest BCUT2D eigenvalue weighted by molar-refractivity contribution is -0.155. The minimum atomic E-state index is -4.77. The molecule has 1 aliphatic carbocycles. The number of aromatic nitrogens is 2. The van der Waals surface area contributed by atoms with Crippen molar-refractivity contribution in [2.75, 3.05) is 31.1 Å². The van der Waals surface area contributed by atoms with Crippen LogP contribution in [0.1, 0.15) is 23.2 Å². The van der Waals surface area contributed by atoms with Gasteiger partial charge in [0.05, 0.1) is 11.8 Å². The van der Waals surface area contributed by atoms with E-state index in [9.17, 15) is 36.6 Å². The summed E-state index contributed by atoms with van der Waals surface area (Å²) in [6, 6.07) is 3.19. The number of urea groups is 1. The smallest absolute Gasteiger partial charge is 0.406 e. The number of hydrogen-bond acceptors (Lipinski definition) is 7. The molecule has 190 valence electrons. The highest BCUT2D eigenvalue weighted by Crippen LogP contribution is 2.47. The molecule has 2 fully saturated rings. The average molecular weight is 511 g/mol. The van der Waals surface area contributed by atoms with Crippen LogP contribution in [0.5, 0.6) is 5.75 Å². The second-order valence-electron chi connectivity index (χ2n) is 9.30. The second kappa shape index (κ2) is 7.24. The van der Waals surface area contributed by atoms with Crippen molar-refractivity contribution in [3.05, 3.63) is 35.0 Å². The highest BCUT2D eigenvalue weighted by atomic mass is 19.4. The summed E-state index contributed by atoms with van der Waals surface area (Å²) in [6.45, 7) is -1.74. The maximum Gasteiger partial charge on any atom is 0.406 e. The van der Waals surface area contributed by atoms with Gasteiger partial charge in [-0.05, 0) is 12.5 Å². The predicted octanol–water partition coefficient (Wildman–Crippen LogP) is 2.06. The quantitative estimate of drug-likeness (QED) is 0.480. The molecule has 2 aromatic rings. The molecule has 4 heterocycles. The van der Waals surface area contributed by atoms with E-state index in [1.165, 1.54) is 18.2 Å². The van der Waals surface area contributed by atoms with Gasteiger partial charge in [0.2, 0.25) is 5.95 Å². The molecular weight excluding hydrogens is 493 g/mol. The summed E-state index contributed by atoms with van der Waals surface area (Å²) in [5.74, 6) is -4.06. The van der Waals surface area contributed by atoms with E-state index in [0.717, 1.165) is 0 Å². The number of carbonyl (C=O) groups excluding carboxylic acids is 2. The molecule has 0 saturated carbocycles. The molecule has 3 amide bonds. The van der Waals surface area contributed by atoms with E-state index in [4.69, 9.17) is 4.74 Å². The Bertz CT molecular complexity index is 1310. The molecule has 0 bridgehead atoms. The SMILES string of the molecule is O=C1NC2(COc3cc(-c4nc(N5CC(O)C5)nc5c4CCC5(F)F)ccc32)C(=O)N1CC(F)(F)F. The lowest BCUT2D eigenvalue weighted by Crippen LogP contribution is -2.51. The monoisotopic (exact) mass is 511 g/mol. The maximum atomic E-state index is 14.6. The highest BCUT2D eigenvalue weighted by Gasteiger charge is 2.59. The van der Waals surface area contributed by atoms with Crippen molar-refractivity contribution in [2.45, 2.75) is 36.6 Å². The van der Waals surface area contributed by atoms with Crippen molar-refractivity contribution in [1.29, 1.82) is 0 Å². The van der Waals surface area contributed by atoms with Crippen LogP contribution in [-0.2, 0) is 22.7 Å². The Morgan fingerprint density at radius 1 is 1.19 bits per heavy atom. The van der Waals surface area contributed by atoms with Crippen molar-refractivity contribution in [3.8, 4) is 17.0 Å². The van der Waals surface area contributed by atoms with Crippen LogP contribution < -0.4 is 15.0 Å². The van der Waals surface area contributed by atoms with Crippen LogP contribution in [0.25, 0.3) is 11.3 Å². The van der Waals surface area contributed by atoms with Crippen LogP contribution in [0.3, 0.4) is 0 Å². The van der Waals surface area contributed by atoms with Gasteiger partial charge in [0.25, 0.3) is 11.8 Å². The lowest BCUT2D eigenvalue weighted by Gasteiger charge is -2.36. The highest BCUT2D eigenvalue weighted by molar-refractivity contribution is 6.08. The standard InChI is InChI=1S/C22H18F5N5O4/c23-21(24)4-3-12-15(28-18(29-16(12)21)31-6-11(33)7-31)10-1-2-13-14(5-10)36-9-20(13)17(34)32(19(35)30-20)8-22(25,26)27/h1-2,5,11,33H,3-4,6-9H2,(H,30,35). The molecule has 3 aliphatic heterocycles. The number of amides is 3. The van der Waals surface area contributed by atoms with Crippen molar-refractivity contribution >= 4 is 17.9 Å². The van der Waals surface area contributed by atoms with E-state index >= 15 is 0 Å². The summed E-state index contributed by atoms with van der Waals surface area (Å²) >= 11 is 0. The van der Waals surface area contributed by atoms with Gasteiger partial charge in [0.1, 0.15) is 24.6 Å². The number of hydrogen-bond donors (Lipinski definition) is 2. The maximum absolute atomic E-state index is 14.6. The third kappa shape index (κ3) is 3.30. The molecule has 2 saturated heterocycles. The molecule has 2 N–H and O–H groups in total. The van der Waals surface area contributed by atoms with Crippen LogP contribution in [0.2, 0.25) is 0 Å². The number of aliphatic hydroxyl groups excluding tert-OH is 1. The van der Waals surface area contributed by atoms with Crippen LogP contribution in [0.4, 0.5) is 32.7 Å². The van der Waals surface area contributed by atoms with Gasteiger partial charge in [-0.1, -0.05) is 12.1 Å². The number of fused-ring (bicyclic) bond motifs is 3. The molecule has 1 aromatic heterocycles.